The highest BCUT2D eigenvalue weighted by molar-refractivity contribution is 9.10. The van der Waals surface area contributed by atoms with E-state index >= 15 is 0 Å². The molecule has 0 saturated heterocycles. The summed E-state index contributed by atoms with van der Waals surface area (Å²) in [5.41, 5.74) is -0.567. The van der Waals surface area contributed by atoms with Gasteiger partial charge in [-0.05, 0) is 51.5 Å². The highest BCUT2D eigenvalue weighted by atomic mass is 79.9. The van der Waals surface area contributed by atoms with Gasteiger partial charge in [0.25, 0.3) is 0 Å². The van der Waals surface area contributed by atoms with Crippen LogP contribution in [0.4, 0.5) is 0 Å². The molecule has 7 heteroatoms. The molecule has 0 fully saturated rings. The zero-order valence-electron chi connectivity index (χ0n) is 14.5. The molecular formula is C17H24BrNO4S. The summed E-state index contributed by atoms with van der Waals surface area (Å²) in [5.74, 6) is -0.182. The van der Waals surface area contributed by atoms with E-state index in [2.05, 4.69) is 15.9 Å². The topological polar surface area (TPSA) is 63.7 Å². The number of nitrogens with zero attached hydrogens (tertiary/aromatic N) is 1. The number of carbonyl (C=O) groups is 2. The van der Waals surface area contributed by atoms with E-state index < -0.39 is 22.4 Å². The SMILES string of the molecule is CN(CC(=O)OC(C)(C)C)C(=O)CCCS(=O)c1ccc(Br)cc1. The number of likely N-dealkylation sites (N-methyl/N-ethyl adjacent to an activating group) is 1. The van der Waals surface area contributed by atoms with Gasteiger partial charge in [0.15, 0.2) is 0 Å². The van der Waals surface area contributed by atoms with Crippen LogP contribution in [0.25, 0.3) is 0 Å². The molecule has 1 amide bonds. The van der Waals surface area contributed by atoms with Crippen LogP contribution in [-0.4, -0.2) is 45.9 Å². The Kier molecular flexibility index (Phi) is 8.09. The van der Waals surface area contributed by atoms with E-state index in [-0.39, 0.29) is 18.9 Å². The van der Waals surface area contributed by atoms with Crippen molar-refractivity contribution in [2.24, 2.45) is 0 Å². The summed E-state index contributed by atoms with van der Waals surface area (Å²) in [7, 11) is 0.439. The molecule has 24 heavy (non-hydrogen) atoms. The molecule has 1 aromatic carbocycles. The summed E-state index contributed by atoms with van der Waals surface area (Å²) in [6.07, 6.45) is 0.752. The van der Waals surface area contributed by atoms with Gasteiger partial charge in [0, 0.05) is 28.6 Å². The largest absolute Gasteiger partial charge is 0.459 e. The fraction of sp³-hybridized carbons (Fsp3) is 0.529. The van der Waals surface area contributed by atoms with E-state index in [9.17, 15) is 13.8 Å². The molecule has 0 bridgehead atoms. The van der Waals surface area contributed by atoms with Gasteiger partial charge in [-0.15, -0.1) is 0 Å². The fourth-order valence-electron chi connectivity index (χ4n) is 1.91. The lowest BCUT2D eigenvalue weighted by molar-refractivity contribution is -0.158. The maximum absolute atomic E-state index is 12.1. The number of amides is 1. The molecule has 0 saturated carbocycles. The summed E-state index contributed by atoms with van der Waals surface area (Å²) in [5, 5.41) is 0. The second-order valence-corrected chi connectivity index (χ2v) is 8.93. The summed E-state index contributed by atoms with van der Waals surface area (Å²) < 4.78 is 18.3. The van der Waals surface area contributed by atoms with Crippen molar-refractivity contribution in [3.63, 3.8) is 0 Å². The standard InChI is InChI=1S/C17H24BrNO4S/c1-17(2,3)23-16(21)12-19(4)15(20)6-5-11-24(22)14-9-7-13(18)8-10-14/h7-10H,5-6,11-12H2,1-4H3. The van der Waals surface area contributed by atoms with Crippen LogP contribution < -0.4 is 0 Å². The summed E-state index contributed by atoms with van der Waals surface area (Å²) in [4.78, 5) is 25.8. The Morgan fingerprint density at radius 3 is 2.33 bits per heavy atom. The van der Waals surface area contributed by atoms with Crippen molar-refractivity contribution in [2.45, 2.75) is 44.1 Å². The third-order valence-electron chi connectivity index (χ3n) is 3.01. The lowest BCUT2D eigenvalue weighted by Gasteiger charge is -2.22. The number of ether oxygens (including phenoxy) is 1. The Morgan fingerprint density at radius 2 is 1.79 bits per heavy atom. The molecule has 0 radical (unpaired) electrons. The van der Waals surface area contributed by atoms with Crippen molar-refractivity contribution in [3.8, 4) is 0 Å². The lowest BCUT2D eigenvalue weighted by Crippen LogP contribution is -2.36. The molecule has 134 valence electrons. The number of rotatable bonds is 7. The predicted octanol–water partition coefficient (Wildman–Crippen LogP) is 3.14. The number of carbonyl (C=O) groups excluding carboxylic acids is 2. The Morgan fingerprint density at radius 1 is 1.21 bits per heavy atom. The highest BCUT2D eigenvalue weighted by Crippen LogP contribution is 2.14. The molecule has 0 aliphatic heterocycles. The average molecular weight is 418 g/mol. The maximum Gasteiger partial charge on any atom is 0.326 e. The molecule has 5 nitrogen and oxygen atoms in total. The van der Waals surface area contributed by atoms with Crippen LogP contribution in [0.15, 0.2) is 33.6 Å². The minimum Gasteiger partial charge on any atom is -0.459 e. The van der Waals surface area contributed by atoms with E-state index in [1.54, 1.807) is 40.0 Å². The Bertz CT molecular complexity index is 596. The van der Waals surface area contributed by atoms with Crippen LogP contribution in [0, 0.1) is 0 Å². The van der Waals surface area contributed by atoms with E-state index in [0.29, 0.717) is 12.2 Å². The molecule has 0 aromatic heterocycles. The lowest BCUT2D eigenvalue weighted by atomic mass is 10.2. The van der Waals surface area contributed by atoms with Crippen molar-refractivity contribution in [1.29, 1.82) is 0 Å². The van der Waals surface area contributed by atoms with E-state index in [0.717, 1.165) is 9.37 Å². The van der Waals surface area contributed by atoms with Crippen LogP contribution >= 0.6 is 15.9 Å². The van der Waals surface area contributed by atoms with Gasteiger partial charge < -0.3 is 9.64 Å². The number of halogens is 1. The van der Waals surface area contributed by atoms with Crippen LogP contribution in [0.1, 0.15) is 33.6 Å². The maximum atomic E-state index is 12.1. The molecule has 1 rings (SSSR count). The van der Waals surface area contributed by atoms with Gasteiger partial charge in [-0.25, -0.2) is 0 Å². The molecule has 0 aliphatic rings. The van der Waals surface area contributed by atoms with Crippen molar-refractivity contribution >= 4 is 38.6 Å². The van der Waals surface area contributed by atoms with Gasteiger partial charge >= 0.3 is 5.97 Å². The Hall–Kier alpha value is -1.21. The Labute approximate surface area is 154 Å². The Balaban J connectivity index is 2.36. The van der Waals surface area contributed by atoms with Crippen molar-refractivity contribution in [3.05, 3.63) is 28.7 Å². The second-order valence-electron chi connectivity index (χ2n) is 6.44. The third-order valence-corrected chi connectivity index (χ3v) is 5.00. The van der Waals surface area contributed by atoms with Gasteiger partial charge in [0.1, 0.15) is 12.1 Å². The highest BCUT2D eigenvalue weighted by Gasteiger charge is 2.19. The zero-order valence-corrected chi connectivity index (χ0v) is 16.9. The second kappa shape index (κ2) is 9.32. The van der Waals surface area contributed by atoms with Gasteiger partial charge in [-0.2, -0.15) is 0 Å². The first-order valence-electron chi connectivity index (χ1n) is 7.68. The number of hydrogen-bond acceptors (Lipinski definition) is 4. The van der Waals surface area contributed by atoms with Crippen molar-refractivity contribution in [1.82, 2.24) is 4.90 Å². The quantitative estimate of drug-likeness (QED) is 0.639. The smallest absolute Gasteiger partial charge is 0.326 e. The molecular weight excluding hydrogens is 394 g/mol. The molecule has 1 aromatic rings. The summed E-state index contributed by atoms with van der Waals surface area (Å²) >= 11 is 3.33. The van der Waals surface area contributed by atoms with E-state index in [1.165, 1.54) is 4.90 Å². The van der Waals surface area contributed by atoms with Crippen molar-refractivity contribution in [2.75, 3.05) is 19.3 Å². The first-order chi connectivity index (χ1) is 11.1. The molecule has 0 spiro atoms. The molecule has 1 unspecified atom stereocenters. The monoisotopic (exact) mass is 417 g/mol. The first-order valence-corrected chi connectivity index (χ1v) is 9.79. The van der Waals surface area contributed by atoms with Crippen molar-refractivity contribution < 1.29 is 18.5 Å². The van der Waals surface area contributed by atoms with E-state index in [1.807, 2.05) is 12.1 Å². The fourth-order valence-corrected chi connectivity index (χ4v) is 3.25. The molecule has 1 atom stereocenters. The minimum atomic E-state index is -1.13. The summed E-state index contributed by atoms with van der Waals surface area (Å²) in [6.45, 7) is 5.27. The molecule has 0 aliphatic carbocycles. The van der Waals surface area contributed by atoms with Gasteiger partial charge in [-0.3, -0.25) is 13.8 Å². The predicted molar refractivity (Wildman–Crippen MR) is 98.1 cm³/mol. The van der Waals surface area contributed by atoms with E-state index in [4.69, 9.17) is 4.74 Å². The summed E-state index contributed by atoms with van der Waals surface area (Å²) in [6, 6.07) is 7.29. The van der Waals surface area contributed by atoms with Crippen LogP contribution in [0.2, 0.25) is 0 Å². The molecule has 0 heterocycles. The van der Waals surface area contributed by atoms with Gasteiger partial charge in [-0.1, -0.05) is 15.9 Å². The average Bonchev–Trinajstić information content (AvgIpc) is 2.45. The number of benzene rings is 1. The minimum absolute atomic E-state index is 0.0775. The van der Waals surface area contributed by atoms with Crippen LogP contribution in [0.3, 0.4) is 0 Å². The van der Waals surface area contributed by atoms with Gasteiger partial charge in [0.2, 0.25) is 5.91 Å². The third kappa shape index (κ3) is 8.06. The van der Waals surface area contributed by atoms with Gasteiger partial charge in [0.05, 0.1) is 10.8 Å². The zero-order chi connectivity index (χ0) is 18.3. The van der Waals surface area contributed by atoms with Crippen LogP contribution in [0.5, 0.6) is 0 Å². The number of esters is 1. The molecule has 0 N–H and O–H groups in total. The normalized spacial score (nSPS) is 12.5. The van der Waals surface area contributed by atoms with Crippen LogP contribution in [-0.2, 0) is 25.1 Å². The first kappa shape index (κ1) is 20.8. The number of hydrogen-bond donors (Lipinski definition) is 0.